The summed E-state index contributed by atoms with van der Waals surface area (Å²) in [6.45, 7) is 4.48. The maximum Gasteiger partial charge on any atom is 0.236 e. The molecule has 1 saturated heterocycles. The number of hydrogen-bond acceptors (Lipinski definition) is 3. The lowest BCUT2D eigenvalue weighted by Gasteiger charge is -2.27. The fraction of sp³-hybridized carbons (Fsp3) is 0.600. The first-order valence-corrected chi connectivity index (χ1v) is 5.12. The molecule has 1 aliphatic heterocycles. The molecule has 1 aliphatic rings. The maximum absolute atomic E-state index is 11.2. The highest BCUT2D eigenvalue weighted by molar-refractivity contribution is 5.82. The smallest absolute Gasteiger partial charge is 0.236 e. The second-order valence-corrected chi connectivity index (χ2v) is 4.02. The monoisotopic (exact) mass is 208 g/mol. The number of hydrogen-bond donors (Lipinski definition) is 2. The quantitative estimate of drug-likeness (QED) is 0.676. The van der Waals surface area contributed by atoms with E-state index < -0.39 is 0 Å². The fourth-order valence-corrected chi connectivity index (χ4v) is 1.74. The van der Waals surface area contributed by atoms with E-state index in [0.717, 1.165) is 11.4 Å². The lowest BCUT2D eigenvalue weighted by Crippen LogP contribution is -2.53. The van der Waals surface area contributed by atoms with Crippen LogP contribution >= 0.6 is 0 Å². The molecule has 82 valence electrons. The Hall–Kier alpha value is -1.36. The van der Waals surface area contributed by atoms with Crippen molar-refractivity contribution in [3.63, 3.8) is 0 Å². The van der Waals surface area contributed by atoms with Crippen LogP contribution in [0.3, 0.4) is 0 Å². The van der Waals surface area contributed by atoms with Crippen molar-refractivity contribution >= 4 is 5.91 Å². The Morgan fingerprint density at radius 3 is 2.87 bits per heavy atom. The maximum atomic E-state index is 11.2. The summed E-state index contributed by atoms with van der Waals surface area (Å²) in [6.07, 6.45) is 0. The Bertz CT molecular complexity index is 365. The molecule has 0 radical (unpaired) electrons. The van der Waals surface area contributed by atoms with Gasteiger partial charge >= 0.3 is 0 Å². The number of piperazine rings is 1. The van der Waals surface area contributed by atoms with Crippen molar-refractivity contribution in [2.75, 3.05) is 6.54 Å². The van der Waals surface area contributed by atoms with E-state index in [9.17, 15) is 4.79 Å². The zero-order valence-electron chi connectivity index (χ0n) is 9.24. The van der Waals surface area contributed by atoms with Gasteiger partial charge in [0, 0.05) is 19.3 Å². The number of nitrogens with zero attached hydrogens (tertiary/aromatic N) is 2. The molecule has 2 unspecified atom stereocenters. The van der Waals surface area contributed by atoms with Gasteiger partial charge < -0.3 is 5.32 Å². The summed E-state index contributed by atoms with van der Waals surface area (Å²) >= 11 is 0. The molecule has 0 aromatic carbocycles. The Balaban J connectivity index is 2.15. The Labute approximate surface area is 88.8 Å². The SMILES string of the molecule is Cc1cc(C2CNC(=O)C(C)N2)nn1C. The van der Waals surface area contributed by atoms with E-state index in [2.05, 4.69) is 15.7 Å². The second kappa shape index (κ2) is 3.66. The average molecular weight is 208 g/mol. The summed E-state index contributed by atoms with van der Waals surface area (Å²) in [5.74, 6) is 0.0545. The zero-order chi connectivity index (χ0) is 11.0. The minimum Gasteiger partial charge on any atom is -0.353 e. The molecule has 5 nitrogen and oxygen atoms in total. The molecule has 1 aromatic rings. The average Bonchev–Trinajstić information content (AvgIpc) is 2.52. The fourth-order valence-electron chi connectivity index (χ4n) is 1.74. The molecule has 2 rings (SSSR count). The molecule has 0 saturated carbocycles. The van der Waals surface area contributed by atoms with Crippen molar-refractivity contribution in [2.45, 2.75) is 25.9 Å². The zero-order valence-corrected chi connectivity index (χ0v) is 9.24. The number of aromatic nitrogens is 2. The summed E-state index contributed by atoms with van der Waals surface area (Å²) in [4.78, 5) is 11.2. The van der Waals surface area contributed by atoms with Gasteiger partial charge in [-0.1, -0.05) is 0 Å². The van der Waals surface area contributed by atoms with Crippen molar-refractivity contribution in [3.05, 3.63) is 17.5 Å². The lowest BCUT2D eigenvalue weighted by molar-refractivity contribution is -0.124. The first-order chi connectivity index (χ1) is 7.08. The van der Waals surface area contributed by atoms with E-state index in [-0.39, 0.29) is 18.0 Å². The number of carbonyl (C=O) groups is 1. The van der Waals surface area contributed by atoms with Crippen LogP contribution in [0.2, 0.25) is 0 Å². The molecule has 0 bridgehead atoms. The van der Waals surface area contributed by atoms with Gasteiger partial charge in [-0.2, -0.15) is 5.10 Å². The minimum atomic E-state index is -0.147. The van der Waals surface area contributed by atoms with Crippen LogP contribution in [-0.4, -0.2) is 28.3 Å². The Kier molecular flexibility index (Phi) is 2.48. The van der Waals surface area contributed by atoms with Crippen LogP contribution in [0.4, 0.5) is 0 Å². The summed E-state index contributed by atoms with van der Waals surface area (Å²) in [5, 5.41) is 10.5. The highest BCUT2D eigenvalue weighted by Gasteiger charge is 2.26. The number of carbonyl (C=O) groups excluding carboxylic acids is 1. The van der Waals surface area contributed by atoms with Gasteiger partial charge in [0.05, 0.1) is 17.8 Å². The number of nitrogens with one attached hydrogen (secondary N) is 2. The van der Waals surface area contributed by atoms with Crippen molar-refractivity contribution in [1.82, 2.24) is 20.4 Å². The Morgan fingerprint density at radius 1 is 1.60 bits per heavy atom. The minimum absolute atomic E-state index is 0.0545. The van der Waals surface area contributed by atoms with Crippen LogP contribution in [0, 0.1) is 6.92 Å². The van der Waals surface area contributed by atoms with Crippen LogP contribution in [-0.2, 0) is 11.8 Å². The molecule has 15 heavy (non-hydrogen) atoms. The molecule has 1 aromatic heterocycles. The first kappa shape index (κ1) is 10.2. The van der Waals surface area contributed by atoms with E-state index in [1.54, 1.807) is 0 Å². The van der Waals surface area contributed by atoms with Crippen LogP contribution in [0.15, 0.2) is 6.07 Å². The van der Waals surface area contributed by atoms with Crippen LogP contribution in [0.25, 0.3) is 0 Å². The van der Waals surface area contributed by atoms with Gasteiger partial charge in [-0.15, -0.1) is 0 Å². The van der Waals surface area contributed by atoms with Gasteiger partial charge in [0.25, 0.3) is 0 Å². The van der Waals surface area contributed by atoms with Crippen LogP contribution in [0.1, 0.15) is 24.4 Å². The normalized spacial score (nSPS) is 26.5. The topological polar surface area (TPSA) is 59.0 Å². The molecule has 1 amide bonds. The molecule has 0 aliphatic carbocycles. The highest BCUT2D eigenvalue weighted by atomic mass is 16.2. The molecular formula is C10H16N4O. The summed E-state index contributed by atoms with van der Waals surface area (Å²) < 4.78 is 1.85. The van der Waals surface area contributed by atoms with E-state index in [1.165, 1.54) is 0 Å². The van der Waals surface area contributed by atoms with E-state index in [1.807, 2.05) is 31.6 Å². The highest BCUT2D eigenvalue weighted by Crippen LogP contribution is 2.14. The third-order valence-electron chi connectivity index (χ3n) is 2.81. The molecule has 2 atom stereocenters. The van der Waals surface area contributed by atoms with Crippen molar-refractivity contribution in [3.8, 4) is 0 Å². The lowest BCUT2D eigenvalue weighted by atomic mass is 10.1. The van der Waals surface area contributed by atoms with Crippen molar-refractivity contribution < 1.29 is 4.79 Å². The third-order valence-corrected chi connectivity index (χ3v) is 2.81. The summed E-state index contributed by atoms with van der Waals surface area (Å²) in [5.41, 5.74) is 2.11. The standard InChI is InChI=1S/C10H16N4O/c1-6-4-8(13-14(6)3)9-5-11-10(15)7(2)12-9/h4,7,9,12H,5H2,1-3H3,(H,11,15). The molecule has 1 fully saturated rings. The van der Waals surface area contributed by atoms with E-state index in [0.29, 0.717) is 6.54 Å². The summed E-state index contributed by atoms with van der Waals surface area (Å²) in [7, 11) is 1.92. The van der Waals surface area contributed by atoms with Crippen molar-refractivity contribution in [1.29, 1.82) is 0 Å². The van der Waals surface area contributed by atoms with E-state index >= 15 is 0 Å². The molecule has 5 heteroatoms. The first-order valence-electron chi connectivity index (χ1n) is 5.12. The third kappa shape index (κ3) is 1.87. The largest absolute Gasteiger partial charge is 0.353 e. The predicted octanol–water partition coefficient (Wildman–Crippen LogP) is -0.122. The summed E-state index contributed by atoms with van der Waals surface area (Å²) in [6, 6.07) is 2.02. The number of amides is 1. The van der Waals surface area contributed by atoms with Gasteiger partial charge in [-0.25, -0.2) is 0 Å². The molecule has 2 heterocycles. The Morgan fingerprint density at radius 2 is 2.33 bits per heavy atom. The van der Waals surface area contributed by atoms with Gasteiger partial charge in [0.15, 0.2) is 0 Å². The van der Waals surface area contributed by atoms with Crippen LogP contribution in [0.5, 0.6) is 0 Å². The van der Waals surface area contributed by atoms with Gasteiger partial charge in [-0.05, 0) is 19.9 Å². The predicted molar refractivity (Wildman–Crippen MR) is 56.3 cm³/mol. The van der Waals surface area contributed by atoms with Gasteiger partial charge in [0.2, 0.25) is 5.91 Å². The number of aryl methyl sites for hydroxylation is 2. The molecular weight excluding hydrogens is 192 g/mol. The number of rotatable bonds is 1. The van der Waals surface area contributed by atoms with Crippen LogP contribution < -0.4 is 10.6 Å². The van der Waals surface area contributed by atoms with Crippen molar-refractivity contribution in [2.24, 2.45) is 7.05 Å². The molecule has 2 N–H and O–H groups in total. The van der Waals surface area contributed by atoms with Gasteiger partial charge in [-0.3, -0.25) is 14.8 Å². The van der Waals surface area contributed by atoms with Gasteiger partial charge in [0.1, 0.15) is 0 Å². The second-order valence-electron chi connectivity index (χ2n) is 4.02. The molecule has 0 spiro atoms. The van der Waals surface area contributed by atoms with E-state index in [4.69, 9.17) is 0 Å².